The Morgan fingerprint density at radius 3 is 2.16 bits per heavy atom. The van der Waals surface area contributed by atoms with Crippen LogP contribution in [0.3, 0.4) is 0 Å². The molecule has 3 aromatic rings. The van der Waals surface area contributed by atoms with Crippen molar-refractivity contribution in [3.05, 3.63) is 59.8 Å². The molecule has 1 saturated heterocycles. The first-order valence-corrected chi connectivity index (χ1v) is 10.3. The van der Waals surface area contributed by atoms with Gasteiger partial charge in [-0.2, -0.15) is 0 Å². The lowest BCUT2D eigenvalue weighted by atomic mass is 10.1. The van der Waals surface area contributed by atoms with Crippen molar-refractivity contribution in [3.63, 3.8) is 0 Å². The van der Waals surface area contributed by atoms with Gasteiger partial charge in [0, 0.05) is 62.0 Å². The molecule has 0 unspecified atom stereocenters. The Hall–Kier alpha value is -3.48. The number of rotatable bonds is 5. The van der Waals surface area contributed by atoms with E-state index in [9.17, 15) is 9.59 Å². The number of ether oxygens (including phenoxy) is 2. The number of methoxy groups -OCH3 is 2. The highest BCUT2D eigenvalue weighted by atomic mass is 16.5. The molecule has 1 aromatic heterocycles. The molecule has 1 aliphatic rings. The van der Waals surface area contributed by atoms with E-state index in [0.717, 1.165) is 16.5 Å². The van der Waals surface area contributed by atoms with Crippen molar-refractivity contribution in [1.82, 2.24) is 14.4 Å². The monoisotopic (exact) mass is 421 g/mol. The molecular weight excluding hydrogens is 394 g/mol. The van der Waals surface area contributed by atoms with Crippen LogP contribution in [0.5, 0.6) is 11.5 Å². The zero-order valence-corrected chi connectivity index (χ0v) is 18.1. The molecule has 4 rings (SSSR count). The fourth-order valence-corrected chi connectivity index (χ4v) is 4.11. The summed E-state index contributed by atoms with van der Waals surface area (Å²) >= 11 is 0. The van der Waals surface area contributed by atoms with Crippen LogP contribution in [0.15, 0.2) is 48.7 Å². The van der Waals surface area contributed by atoms with Gasteiger partial charge in [-0.05, 0) is 23.8 Å². The van der Waals surface area contributed by atoms with Crippen LogP contribution in [0.1, 0.15) is 15.9 Å². The summed E-state index contributed by atoms with van der Waals surface area (Å²) in [6.07, 6.45) is 2.39. The Kier molecular flexibility index (Phi) is 5.84. The van der Waals surface area contributed by atoms with E-state index in [-0.39, 0.29) is 11.8 Å². The first-order valence-electron chi connectivity index (χ1n) is 10.3. The van der Waals surface area contributed by atoms with E-state index in [1.54, 1.807) is 37.3 Å². The van der Waals surface area contributed by atoms with Crippen LogP contribution in [0.2, 0.25) is 0 Å². The fraction of sp³-hybridized carbons (Fsp3) is 0.333. The summed E-state index contributed by atoms with van der Waals surface area (Å²) in [7, 11) is 5.11. The highest BCUT2D eigenvalue weighted by molar-refractivity contribution is 5.95. The third-order valence-electron chi connectivity index (χ3n) is 5.84. The molecule has 7 nitrogen and oxygen atoms in total. The number of amides is 2. The van der Waals surface area contributed by atoms with Crippen LogP contribution in [-0.2, 0) is 18.3 Å². The molecular formula is C24H27N3O4. The highest BCUT2D eigenvalue weighted by Gasteiger charge is 2.26. The minimum atomic E-state index is -0.0849. The molecule has 2 heterocycles. The van der Waals surface area contributed by atoms with Crippen LogP contribution in [-0.4, -0.2) is 66.6 Å². The van der Waals surface area contributed by atoms with Crippen LogP contribution < -0.4 is 9.47 Å². The Morgan fingerprint density at radius 1 is 0.903 bits per heavy atom. The van der Waals surface area contributed by atoms with Gasteiger partial charge in [-0.25, -0.2) is 0 Å². The van der Waals surface area contributed by atoms with Crippen LogP contribution in [0, 0.1) is 0 Å². The van der Waals surface area contributed by atoms with E-state index in [1.807, 2.05) is 30.3 Å². The number of carbonyl (C=O) groups is 2. The number of nitrogens with zero attached hydrogens (tertiary/aromatic N) is 3. The second-order valence-electron chi connectivity index (χ2n) is 7.73. The lowest BCUT2D eigenvalue weighted by Gasteiger charge is -2.35. The molecule has 0 bridgehead atoms. The number of hydrogen-bond acceptors (Lipinski definition) is 4. The van der Waals surface area contributed by atoms with Gasteiger partial charge in [0.15, 0.2) is 0 Å². The smallest absolute Gasteiger partial charge is 0.254 e. The maximum Gasteiger partial charge on any atom is 0.254 e. The average Bonchev–Trinajstić information content (AvgIpc) is 3.13. The molecule has 0 radical (unpaired) electrons. The average molecular weight is 421 g/mol. The summed E-state index contributed by atoms with van der Waals surface area (Å²) < 4.78 is 12.6. The van der Waals surface area contributed by atoms with E-state index in [1.165, 1.54) is 0 Å². The van der Waals surface area contributed by atoms with Crippen LogP contribution >= 0.6 is 0 Å². The highest BCUT2D eigenvalue weighted by Crippen LogP contribution is 2.24. The summed E-state index contributed by atoms with van der Waals surface area (Å²) in [4.78, 5) is 29.5. The van der Waals surface area contributed by atoms with E-state index < -0.39 is 0 Å². The topological polar surface area (TPSA) is 64.0 Å². The predicted molar refractivity (Wildman–Crippen MR) is 119 cm³/mol. The summed E-state index contributed by atoms with van der Waals surface area (Å²) in [5.41, 5.74) is 2.67. The van der Waals surface area contributed by atoms with Crippen molar-refractivity contribution < 1.29 is 19.1 Å². The second kappa shape index (κ2) is 8.71. The lowest BCUT2D eigenvalue weighted by Crippen LogP contribution is -2.51. The number of para-hydroxylation sites is 1. The van der Waals surface area contributed by atoms with Gasteiger partial charge in [-0.15, -0.1) is 0 Å². The minimum absolute atomic E-state index is 0.0849. The summed E-state index contributed by atoms with van der Waals surface area (Å²) in [5, 5.41) is 1.11. The SMILES string of the molecule is COc1cc(OC)cc(C(=O)N2CCN(C(=O)Cc3cn(C)c4ccccc34)CC2)c1. The largest absolute Gasteiger partial charge is 0.497 e. The second-order valence-corrected chi connectivity index (χ2v) is 7.73. The molecule has 0 N–H and O–H groups in total. The van der Waals surface area contributed by atoms with Crippen molar-refractivity contribution in [2.24, 2.45) is 7.05 Å². The van der Waals surface area contributed by atoms with Gasteiger partial charge < -0.3 is 23.8 Å². The van der Waals surface area contributed by atoms with Crippen molar-refractivity contribution in [2.75, 3.05) is 40.4 Å². The first kappa shape index (κ1) is 20.8. The Balaban J connectivity index is 1.40. The normalized spacial score (nSPS) is 14.0. The molecule has 0 saturated carbocycles. The summed E-state index contributed by atoms with van der Waals surface area (Å²) in [6, 6.07) is 13.3. The molecule has 2 amide bonds. The van der Waals surface area contributed by atoms with E-state index >= 15 is 0 Å². The van der Waals surface area contributed by atoms with Gasteiger partial charge in [-0.3, -0.25) is 9.59 Å². The van der Waals surface area contributed by atoms with E-state index in [0.29, 0.717) is 49.7 Å². The summed E-state index contributed by atoms with van der Waals surface area (Å²) in [5.74, 6) is 1.16. The van der Waals surface area contributed by atoms with Gasteiger partial charge in [0.05, 0.1) is 20.6 Å². The van der Waals surface area contributed by atoms with Crippen molar-refractivity contribution >= 4 is 22.7 Å². The molecule has 2 aromatic carbocycles. The standard InChI is InChI=1S/C24H27N3O4/c1-25-16-18(21-6-4-5-7-22(21)25)14-23(28)26-8-10-27(11-9-26)24(29)17-12-19(30-2)15-20(13-17)31-3/h4-7,12-13,15-16H,8-11,14H2,1-3H3. The van der Waals surface area contributed by atoms with E-state index in [4.69, 9.17) is 9.47 Å². The zero-order chi connectivity index (χ0) is 22.0. The number of hydrogen-bond donors (Lipinski definition) is 0. The molecule has 7 heteroatoms. The van der Waals surface area contributed by atoms with Crippen LogP contribution in [0.4, 0.5) is 0 Å². The number of benzene rings is 2. The molecule has 162 valence electrons. The molecule has 1 fully saturated rings. The van der Waals surface area contributed by atoms with Gasteiger partial charge >= 0.3 is 0 Å². The maximum absolute atomic E-state index is 13.0. The fourth-order valence-electron chi connectivity index (χ4n) is 4.11. The Bertz CT molecular complexity index is 1090. The van der Waals surface area contributed by atoms with Crippen molar-refractivity contribution in [3.8, 4) is 11.5 Å². The number of aromatic nitrogens is 1. The number of fused-ring (bicyclic) bond motifs is 1. The van der Waals surface area contributed by atoms with Crippen LogP contribution in [0.25, 0.3) is 10.9 Å². The minimum Gasteiger partial charge on any atom is -0.497 e. The summed E-state index contributed by atoms with van der Waals surface area (Å²) in [6.45, 7) is 2.05. The maximum atomic E-state index is 13.0. The first-order chi connectivity index (χ1) is 15.0. The van der Waals surface area contributed by atoms with Crippen molar-refractivity contribution in [2.45, 2.75) is 6.42 Å². The van der Waals surface area contributed by atoms with Crippen molar-refractivity contribution in [1.29, 1.82) is 0 Å². The molecule has 0 atom stereocenters. The van der Waals surface area contributed by atoms with Gasteiger partial charge in [0.25, 0.3) is 5.91 Å². The van der Waals surface area contributed by atoms with Gasteiger partial charge in [0.2, 0.25) is 5.91 Å². The number of carbonyl (C=O) groups excluding carboxylic acids is 2. The quantitative estimate of drug-likeness (QED) is 0.636. The van der Waals surface area contributed by atoms with Gasteiger partial charge in [-0.1, -0.05) is 18.2 Å². The van der Waals surface area contributed by atoms with Gasteiger partial charge in [0.1, 0.15) is 11.5 Å². The Labute approximate surface area is 181 Å². The van der Waals surface area contributed by atoms with E-state index in [2.05, 4.69) is 16.7 Å². The Morgan fingerprint density at radius 2 is 1.52 bits per heavy atom. The predicted octanol–water partition coefficient (Wildman–Crippen LogP) is 2.72. The zero-order valence-electron chi connectivity index (χ0n) is 18.1. The number of aryl methyl sites for hydroxylation is 1. The molecule has 31 heavy (non-hydrogen) atoms. The third-order valence-corrected chi connectivity index (χ3v) is 5.84. The molecule has 0 spiro atoms. The lowest BCUT2D eigenvalue weighted by molar-refractivity contribution is -0.131. The molecule has 1 aliphatic heterocycles. The number of piperazine rings is 1. The third kappa shape index (κ3) is 4.21. The molecule has 0 aliphatic carbocycles.